The number of ether oxygens (including phenoxy) is 1. The summed E-state index contributed by atoms with van der Waals surface area (Å²) in [6.07, 6.45) is 1.12. The molecule has 1 N–H and O–H groups in total. The summed E-state index contributed by atoms with van der Waals surface area (Å²) in [5.74, 6) is 0.922. The van der Waals surface area contributed by atoms with Crippen LogP contribution in [0.15, 0.2) is 53.0 Å². The second kappa shape index (κ2) is 8.20. The summed E-state index contributed by atoms with van der Waals surface area (Å²) in [7, 11) is 0. The van der Waals surface area contributed by atoms with E-state index in [0.717, 1.165) is 23.2 Å². The highest BCUT2D eigenvalue weighted by Gasteiger charge is 2.13. The monoisotopic (exact) mass is 347 g/mol. The maximum atomic E-state index is 5.52. The molecule has 0 bridgehead atoms. The van der Waals surface area contributed by atoms with Crippen molar-refractivity contribution < 1.29 is 4.74 Å². The Morgan fingerprint density at radius 1 is 0.952 bits per heavy atom. The van der Waals surface area contributed by atoms with Crippen LogP contribution >= 0.6 is 15.9 Å². The fourth-order valence-electron chi connectivity index (χ4n) is 2.30. The third-order valence-corrected chi connectivity index (χ3v) is 3.85. The third kappa shape index (κ3) is 4.58. The van der Waals surface area contributed by atoms with Crippen molar-refractivity contribution in [3.8, 4) is 5.75 Å². The van der Waals surface area contributed by atoms with E-state index < -0.39 is 0 Å². The summed E-state index contributed by atoms with van der Waals surface area (Å²) in [5, 5.41) is 3.62. The van der Waals surface area contributed by atoms with Crippen LogP contribution in [0.1, 0.15) is 37.4 Å². The molecule has 1 unspecified atom stereocenters. The van der Waals surface area contributed by atoms with Crippen LogP contribution in [0.3, 0.4) is 0 Å². The summed E-state index contributed by atoms with van der Waals surface area (Å²) in [5.41, 5.74) is 2.53. The molecule has 0 aliphatic heterocycles. The zero-order valence-corrected chi connectivity index (χ0v) is 14.2. The first-order valence-electron chi connectivity index (χ1n) is 7.46. The normalized spacial score (nSPS) is 12.1. The molecule has 0 heterocycles. The van der Waals surface area contributed by atoms with Crippen molar-refractivity contribution in [3.63, 3.8) is 0 Å². The van der Waals surface area contributed by atoms with E-state index in [1.807, 2.05) is 19.1 Å². The number of rotatable bonds is 7. The Balaban J connectivity index is 2.24. The Labute approximate surface area is 135 Å². The molecule has 0 spiro atoms. The van der Waals surface area contributed by atoms with Crippen molar-refractivity contribution in [2.45, 2.75) is 26.3 Å². The number of halogens is 1. The van der Waals surface area contributed by atoms with Crippen molar-refractivity contribution in [1.82, 2.24) is 5.32 Å². The zero-order valence-electron chi connectivity index (χ0n) is 12.6. The van der Waals surface area contributed by atoms with Gasteiger partial charge in [0.1, 0.15) is 5.75 Å². The quantitative estimate of drug-likeness (QED) is 0.765. The molecule has 21 heavy (non-hydrogen) atoms. The SMILES string of the molecule is CCCNC(c1ccc(Br)cc1)c1ccc(OCC)cc1. The van der Waals surface area contributed by atoms with Gasteiger partial charge in [-0.05, 0) is 55.3 Å². The Hall–Kier alpha value is -1.32. The van der Waals surface area contributed by atoms with E-state index in [0.29, 0.717) is 6.61 Å². The summed E-state index contributed by atoms with van der Waals surface area (Å²) in [6, 6.07) is 17.1. The molecular formula is C18H22BrNO. The Morgan fingerprint density at radius 2 is 1.52 bits per heavy atom. The van der Waals surface area contributed by atoms with Crippen molar-refractivity contribution in [2.24, 2.45) is 0 Å². The first-order chi connectivity index (χ1) is 10.2. The molecule has 0 radical (unpaired) electrons. The van der Waals surface area contributed by atoms with Crippen LogP contribution in [0.2, 0.25) is 0 Å². The van der Waals surface area contributed by atoms with Gasteiger partial charge in [-0.3, -0.25) is 0 Å². The molecule has 2 aromatic carbocycles. The highest BCUT2D eigenvalue weighted by molar-refractivity contribution is 9.10. The predicted molar refractivity (Wildman–Crippen MR) is 91.9 cm³/mol. The highest BCUT2D eigenvalue weighted by atomic mass is 79.9. The van der Waals surface area contributed by atoms with Crippen LogP contribution in [0.25, 0.3) is 0 Å². The molecule has 0 aliphatic rings. The number of hydrogen-bond donors (Lipinski definition) is 1. The van der Waals surface area contributed by atoms with E-state index in [9.17, 15) is 0 Å². The minimum Gasteiger partial charge on any atom is -0.494 e. The van der Waals surface area contributed by atoms with Crippen LogP contribution in [-0.2, 0) is 0 Å². The highest BCUT2D eigenvalue weighted by Crippen LogP contribution is 2.25. The van der Waals surface area contributed by atoms with Crippen molar-refractivity contribution >= 4 is 15.9 Å². The van der Waals surface area contributed by atoms with E-state index in [1.165, 1.54) is 11.1 Å². The minimum absolute atomic E-state index is 0.216. The lowest BCUT2D eigenvalue weighted by Gasteiger charge is -2.20. The standard InChI is InChI=1S/C18H22BrNO/c1-3-13-20-18(14-5-9-16(19)10-6-14)15-7-11-17(12-8-15)21-4-2/h5-12,18,20H,3-4,13H2,1-2H3. The fraction of sp³-hybridized carbons (Fsp3) is 0.333. The van der Waals surface area contributed by atoms with Gasteiger partial charge in [0.25, 0.3) is 0 Å². The van der Waals surface area contributed by atoms with Gasteiger partial charge in [-0.2, -0.15) is 0 Å². The largest absolute Gasteiger partial charge is 0.494 e. The van der Waals surface area contributed by atoms with E-state index in [4.69, 9.17) is 4.74 Å². The first kappa shape index (κ1) is 16.1. The van der Waals surface area contributed by atoms with Crippen molar-refractivity contribution in [2.75, 3.05) is 13.2 Å². The lowest BCUT2D eigenvalue weighted by molar-refractivity contribution is 0.340. The van der Waals surface area contributed by atoms with E-state index >= 15 is 0 Å². The summed E-state index contributed by atoms with van der Waals surface area (Å²) >= 11 is 3.49. The molecule has 2 rings (SSSR count). The molecule has 0 aliphatic carbocycles. The smallest absolute Gasteiger partial charge is 0.119 e. The molecule has 1 atom stereocenters. The minimum atomic E-state index is 0.216. The van der Waals surface area contributed by atoms with Crippen LogP contribution in [-0.4, -0.2) is 13.2 Å². The van der Waals surface area contributed by atoms with Gasteiger partial charge >= 0.3 is 0 Å². The first-order valence-corrected chi connectivity index (χ1v) is 8.25. The van der Waals surface area contributed by atoms with Gasteiger partial charge < -0.3 is 10.1 Å². The molecule has 112 valence electrons. The molecule has 2 nitrogen and oxygen atoms in total. The van der Waals surface area contributed by atoms with Gasteiger partial charge in [0.05, 0.1) is 12.6 Å². The van der Waals surface area contributed by atoms with Gasteiger partial charge in [0.15, 0.2) is 0 Å². The Kier molecular flexibility index (Phi) is 6.27. The maximum Gasteiger partial charge on any atom is 0.119 e. The van der Waals surface area contributed by atoms with E-state index in [2.05, 4.69) is 64.6 Å². The lowest BCUT2D eigenvalue weighted by atomic mass is 9.98. The van der Waals surface area contributed by atoms with Crippen LogP contribution < -0.4 is 10.1 Å². The Bertz CT molecular complexity index is 536. The average Bonchev–Trinajstić information content (AvgIpc) is 2.51. The number of benzene rings is 2. The van der Waals surface area contributed by atoms with Gasteiger partial charge in [-0.15, -0.1) is 0 Å². The fourth-order valence-corrected chi connectivity index (χ4v) is 2.56. The van der Waals surface area contributed by atoms with Gasteiger partial charge in [0.2, 0.25) is 0 Å². The number of nitrogens with one attached hydrogen (secondary N) is 1. The summed E-state index contributed by atoms with van der Waals surface area (Å²) in [6.45, 7) is 5.88. The maximum absolute atomic E-state index is 5.52. The second-order valence-electron chi connectivity index (χ2n) is 4.94. The van der Waals surface area contributed by atoms with E-state index in [1.54, 1.807) is 0 Å². The molecular weight excluding hydrogens is 326 g/mol. The molecule has 0 saturated heterocycles. The Morgan fingerprint density at radius 3 is 2.05 bits per heavy atom. The van der Waals surface area contributed by atoms with Crippen LogP contribution in [0, 0.1) is 0 Å². The summed E-state index contributed by atoms with van der Waals surface area (Å²) < 4.78 is 6.62. The average molecular weight is 348 g/mol. The summed E-state index contributed by atoms with van der Waals surface area (Å²) in [4.78, 5) is 0. The molecule has 0 fully saturated rings. The van der Waals surface area contributed by atoms with E-state index in [-0.39, 0.29) is 6.04 Å². The topological polar surface area (TPSA) is 21.3 Å². The van der Waals surface area contributed by atoms with Crippen molar-refractivity contribution in [3.05, 3.63) is 64.1 Å². The molecule has 0 saturated carbocycles. The molecule has 2 aromatic rings. The molecule has 0 amide bonds. The molecule has 0 aromatic heterocycles. The van der Waals surface area contributed by atoms with Crippen LogP contribution in [0.4, 0.5) is 0 Å². The van der Waals surface area contributed by atoms with Gasteiger partial charge in [-0.1, -0.05) is 47.1 Å². The van der Waals surface area contributed by atoms with Crippen LogP contribution in [0.5, 0.6) is 5.75 Å². The van der Waals surface area contributed by atoms with Gasteiger partial charge in [0, 0.05) is 4.47 Å². The third-order valence-electron chi connectivity index (χ3n) is 3.33. The zero-order chi connectivity index (χ0) is 15.1. The predicted octanol–water partition coefficient (Wildman–Crippen LogP) is 4.94. The van der Waals surface area contributed by atoms with Gasteiger partial charge in [-0.25, -0.2) is 0 Å². The second-order valence-corrected chi connectivity index (χ2v) is 5.86. The lowest BCUT2D eigenvalue weighted by Crippen LogP contribution is -2.23. The molecule has 3 heteroatoms. The number of hydrogen-bond acceptors (Lipinski definition) is 2. The van der Waals surface area contributed by atoms with Crippen molar-refractivity contribution in [1.29, 1.82) is 0 Å².